The summed E-state index contributed by atoms with van der Waals surface area (Å²) in [6, 6.07) is 0.0751. The minimum absolute atomic E-state index is 0.0751. The molecule has 1 unspecified atom stereocenters. The molecule has 0 fully saturated rings. The molecule has 15 heavy (non-hydrogen) atoms. The molecule has 0 aliphatic rings. The first-order valence-corrected chi connectivity index (χ1v) is 5.31. The predicted molar refractivity (Wildman–Crippen MR) is 59.8 cm³/mol. The zero-order valence-electron chi connectivity index (χ0n) is 10.4. The third kappa shape index (κ3) is 8.39. The van der Waals surface area contributed by atoms with Crippen molar-refractivity contribution in [3.63, 3.8) is 0 Å². The van der Waals surface area contributed by atoms with Crippen LogP contribution in [-0.2, 0) is 14.3 Å². The standard InChI is InChI=1S/C11H23NO3/c1-6-9(7-14-5)12-10(13)8-15-11(2,3)4/h9H,6-8H2,1-5H3,(H,12,13). The summed E-state index contributed by atoms with van der Waals surface area (Å²) in [6.45, 7) is 8.42. The van der Waals surface area contributed by atoms with E-state index >= 15 is 0 Å². The lowest BCUT2D eigenvalue weighted by Crippen LogP contribution is -2.40. The highest BCUT2D eigenvalue weighted by Crippen LogP contribution is 2.05. The van der Waals surface area contributed by atoms with Crippen LogP contribution in [-0.4, -0.2) is 37.9 Å². The van der Waals surface area contributed by atoms with Crippen LogP contribution in [0.5, 0.6) is 0 Å². The van der Waals surface area contributed by atoms with Gasteiger partial charge in [0.25, 0.3) is 0 Å². The molecule has 0 heterocycles. The lowest BCUT2D eigenvalue weighted by Gasteiger charge is -2.21. The van der Waals surface area contributed by atoms with Gasteiger partial charge in [-0.25, -0.2) is 0 Å². The van der Waals surface area contributed by atoms with Crippen LogP contribution in [0.3, 0.4) is 0 Å². The fourth-order valence-corrected chi connectivity index (χ4v) is 1.01. The van der Waals surface area contributed by atoms with Crippen molar-refractivity contribution in [1.82, 2.24) is 5.32 Å². The first-order valence-electron chi connectivity index (χ1n) is 5.31. The van der Waals surface area contributed by atoms with E-state index < -0.39 is 0 Å². The van der Waals surface area contributed by atoms with E-state index in [9.17, 15) is 4.79 Å². The molecular formula is C11H23NO3. The molecule has 0 saturated heterocycles. The fraction of sp³-hybridized carbons (Fsp3) is 0.909. The lowest BCUT2D eigenvalue weighted by atomic mass is 10.2. The highest BCUT2D eigenvalue weighted by molar-refractivity contribution is 5.77. The minimum atomic E-state index is -0.277. The Morgan fingerprint density at radius 1 is 1.40 bits per heavy atom. The van der Waals surface area contributed by atoms with Gasteiger partial charge >= 0.3 is 0 Å². The molecule has 4 nitrogen and oxygen atoms in total. The molecule has 1 atom stereocenters. The summed E-state index contributed by atoms with van der Waals surface area (Å²) in [5.74, 6) is -0.0891. The normalized spacial score (nSPS) is 13.7. The molecule has 0 radical (unpaired) electrons. The highest BCUT2D eigenvalue weighted by atomic mass is 16.5. The van der Waals surface area contributed by atoms with Crippen molar-refractivity contribution >= 4 is 5.91 Å². The molecule has 90 valence electrons. The SMILES string of the molecule is CCC(COC)NC(=O)COC(C)(C)C. The Labute approximate surface area is 92.3 Å². The van der Waals surface area contributed by atoms with Crippen molar-refractivity contribution in [3.05, 3.63) is 0 Å². The van der Waals surface area contributed by atoms with Gasteiger partial charge in [-0.2, -0.15) is 0 Å². The number of ether oxygens (including phenoxy) is 2. The van der Waals surface area contributed by atoms with Crippen LogP contribution in [0.2, 0.25) is 0 Å². The van der Waals surface area contributed by atoms with Crippen molar-refractivity contribution in [2.75, 3.05) is 20.3 Å². The van der Waals surface area contributed by atoms with Gasteiger partial charge in [0.15, 0.2) is 0 Å². The van der Waals surface area contributed by atoms with Crippen LogP contribution in [0.25, 0.3) is 0 Å². The van der Waals surface area contributed by atoms with Gasteiger partial charge in [0.2, 0.25) is 5.91 Å². The molecule has 0 aromatic rings. The maximum atomic E-state index is 11.4. The molecule has 4 heteroatoms. The van der Waals surface area contributed by atoms with E-state index in [2.05, 4.69) is 5.32 Å². The summed E-state index contributed by atoms with van der Waals surface area (Å²) in [5, 5.41) is 2.85. The smallest absolute Gasteiger partial charge is 0.246 e. The van der Waals surface area contributed by atoms with Gasteiger partial charge in [-0.1, -0.05) is 6.92 Å². The van der Waals surface area contributed by atoms with E-state index in [0.717, 1.165) is 6.42 Å². The highest BCUT2D eigenvalue weighted by Gasteiger charge is 2.15. The number of methoxy groups -OCH3 is 1. The van der Waals surface area contributed by atoms with Crippen LogP contribution < -0.4 is 5.32 Å². The van der Waals surface area contributed by atoms with E-state index in [0.29, 0.717) is 6.61 Å². The molecule has 0 spiro atoms. The van der Waals surface area contributed by atoms with Crippen LogP contribution in [0.4, 0.5) is 0 Å². The Morgan fingerprint density at radius 2 is 2.00 bits per heavy atom. The molecule has 0 aliphatic carbocycles. The Kier molecular flexibility index (Phi) is 6.52. The molecule has 0 aromatic carbocycles. The maximum Gasteiger partial charge on any atom is 0.246 e. The molecular weight excluding hydrogens is 194 g/mol. The summed E-state index contributed by atoms with van der Waals surface area (Å²) in [7, 11) is 1.63. The molecule has 1 N–H and O–H groups in total. The predicted octanol–water partition coefficient (Wildman–Crippen LogP) is 1.34. The van der Waals surface area contributed by atoms with E-state index in [1.54, 1.807) is 7.11 Å². The second kappa shape index (κ2) is 6.80. The lowest BCUT2D eigenvalue weighted by molar-refractivity contribution is -0.131. The van der Waals surface area contributed by atoms with E-state index in [-0.39, 0.29) is 24.2 Å². The summed E-state index contributed by atoms with van der Waals surface area (Å²) in [5.41, 5.74) is -0.277. The zero-order chi connectivity index (χ0) is 11.9. The van der Waals surface area contributed by atoms with Gasteiger partial charge < -0.3 is 14.8 Å². The Morgan fingerprint density at radius 3 is 2.40 bits per heavy atom. The number of hydrogen-bond acceptors (Lipinski definition) is 3. The number of hydrogen-bond donors (Lipinski definition) is 1. The number of carbonyl (C=O) groups is 1. The minimum Gasteiger partial charge on any atom is -0.383 e. The van der Waals surface area contributed by atoms with E-state index in [1.807, 2.05) is 27.7 Å². The molecule has 0 rings (SSSR count). The molecule has 0 bridgehead atoms. The summed E-state index contributed by atoms with van der Waals surface area (Å²) >= 11 is 0. The second-order valence-corrected chi connectivity index (χ2v) is 4.53. The van der Waals surface area contributed by atoms with Crippen molar-refractivity contribution in [2.24, 2.45) is 0 Å². The Hall–Kier alpha value is -0.610. The average Bonchev–Trinajstić information content (AvgIpc) is 2.13. The van der Waals surface area contributed by atoms with Crippen LogP contribution in [0.15, 0.2) is 0 Å². The average molecular weight is 217 g/mol. The Bertz CT molecular complexity index is 187. The number of rotatable bonds is 6. The van der Waals surface area contributed by atoms with Gasteiger partial charge in [-0.05, 0) is 27.2 Å². The molecule has 0 aliphatic heterocycles. The number of amides is 1. The van der Waals surface area contributed by atoms with Crippen molar-refractivity contribution in [3.8, 4) is 0 Å². The van der Waals surface area contributed by atoms with Gasteiger partial charge in [-0.3, -0.25) is 4.79 Å². The quantitative estimate of drug-likeness (QED) is 0.730. The van der Waals surface area contributed by atoms with E-state index in [1.165, 1.54) is 0 Å². The fourth-order valence-electron chi connectivity index (χ4n) is 1.01. The summed E-state index contributed by atoms with van der Waals surface area (Å²) in [4.78, 5) is 11.4. The number of nitrogens with one attached hydrogen (secondary N) is 1. The molecule has 0 saturated carbocycles. The van der Waals surface area contributed by atoms with Gasteiger partial charge in [0.1, 0.15) is 6.61 Å². The molecule has 0 aromatic heterocycles. The first-order chi connectivity index (χ1) is 6.89. The second-order valence-electron chi connectivity index (χ2n) is 4.53. The van der Waals surface area contributed by atoms with E-state index in [4.69, 9.17) is 9.47 Å². The first kappa shape index (κ1) is 14.4. The topological polar surface area (TPSA) is 47.6 Å². The monoisotopic (exact) mass is 217 g/mol. The van der Waals surface area contributed by atoms with Crippen molar-refractivity contribution < 1.29 is 14.3 Å². The van der Waals surface area contributed by atoms with Crippen LogP contribution >= 0.6 is 0 Å². The van der Waals surface area contributed by atoms with Crippen molar-refractivity contribution in [2.45, 2.75) is 45.8 Å². The summed E-state index contributed by atoms with van der Waals surface area (Å²) < 4.78 is 10.3. The third-order valence-electron chi connectivity index (χ3n) is 1.86. The third-order valence-corrected chi connectivity index (χ3v) is 1.86. The van der Waals surface area contributed by atoms with Crippen molar-refractivity contribution in [1.29, 1.82) is 0 Å². The number of carbonyl (C=O) groups excluding carboxylic acids is 1. The largest absolute Gasteiger partial charge is 0.383 e. The molecule has 1 amide bonds. The maximum absolute atomic E-state index is 11.4. The van der Waals surface area contributed by atoms with Gasteiger partial charge in [0, 0.05) is 7.11 Å². The van der Waals surface area contributed by atoms with Gasteiger partial charge in [-0.15, -0.1) is 0 Å². The summed E-state index contributed by atoms with van der Waals surface area (Å²) in [6.07, 6.45) is 0.856. The van der Waals surface area contributed by atoms with Crippen LogP contribution in [0.1, 0.15) is 34.1 Å². The zero-order valence-corrected chi connectivity index (χ0v) is 10.4. The van der Waals surface area contributed by atoms with Gasteiger partial charge in [0.05, 0.1) is 18.2 Å². The van der Waals surface area contributed by atoms with Crippen LogP contribution in [0, 0.1) is 0 Å². The Balaban J connectivity index is 3.81.